The molecule has 94 valence electrons. The molecular weight excluding hydrogens is 212 g/mol. The number of hydrogen-bond donors (Lipinski definition) is 3. The van der Waals surface area contributed by atoms with Gasteiger partial charge in [0.15, 0.2) is 6.61 Å². The minimum atomic E-state index is -1.12. The van der Waals surface area contributed by atoms with Gasteiger partial charge in [0.2, 0.25) is 5.91 Å². The van der Waals surface area contributed by atoms with E-state index in [-0.39, 0.29) is 5.91 Å². The molecule has 0 fully saturated rings. The molecule has 0 rings (SSSR count). The lowest BCUT2D eigenvalue weighted by atomic mass is 9.97. The smallest absolute Gasteiger partial charge is 0.332 e. The summed E-state index contributed by atoms with van der Waals surface area (Å²) in [6, 6.07) is 0. The Hall–Kier alpha value is -1.14. The molecule has 4 N–H and O–H groups in total. The summed E-state index contributed by atoms with van der Waals surface area (Å²) >= 11 is 0. The van der Waals surface area contributed by atoms with Gasteiger partial charge in [0.1, 0.15) is 0 Å². The first-order valence-corrected chi connectivity index (χ1v) is 5.42. The highest BCUT2D eigenvalue weighted by Crippen LogP contribution is 2.14. The van der Waals surface area contributed by atoms with E-state index < -0.39 is 12.6 Å². The Morgan fingerprint density at radius 1 is 1.44 bits per heavy atom. The highest BCUT2D eigenvalue weighted by atomic mass is 16.7. The van der Waals surface area contributed by atoms with E-state index in [9.17, 15) is 9.59 Å². The minimum Gasteiger partial charge on any atom is -0.479 e. The van der Waals surface area contributed by atoms with Crippen molar-refractivity contribution >= 4 is 11.9 Å². The maximum atomic E-state index is 11.2. The van der Waals surface area contributed by atoms with Gasteiger partial charge in [-0.2, -0.15) is 0 Å². The fraction of sp³-hybridized carbons (Fsp3) is 0.800. The Morgan fingerprint density at radius 2 is 2.12 bits per heavy atom. The third-order valence-electron chi connectivity index (χ3n) is 2.31. The Morgan fingerprint density at radius 3 is 2.62 bits per heavy atom. The molecule has 1 atom stereocenters. The SMILES string of the molecule is CCC(CCN)CCC(=O)NOCC(=O)O. The van der Waals surface area contributed by atoms with E-state index in [1.54, 1.807) is 0 Å². The second kappa shape index (κ2) is 9.11. The van der Waals surface area contributed by atoms with E-state index in [0.717, 1.165) is 19.3 Å². The number of amides is 1. The van der Waals surface area contributed by atoms with Crippen LogP contribution in [0.15, 0.2) is 0 Å². The van der Waals surface area contributed by atoms with Crippen molar-refractivity contribution in [1.29, 1.82) is 0 Å². The van der Waals surface area contributed by atoms with E-state index in [1.807, 2.05) is 0 Å². The third kappa shape index (κ3) is 8.19. The fourth-order valence-electron chi connectivity index (χ4n) is 1.35. The molecule has 1 amide bonds. The second-order valence-corrected chi connectivity index (χ2v) is 3.60. The summed E-state index contributed by atoms with van der Waals surface area (Å²) in [5.41, 5.74) is 7.52. The predicted molar refractivity (Wildman–Crippen MR) is 58.4 cm³/mol. The highest BCUT2D eigenvalue weighted by molar-refractivity contribution is 5.75. The lowest BCUT2D eigenvalue weighted by molar-refractivity contribution is -0.149. The average Bonchev–Trinajstić information content (AvgIpc) is 2.23. The van der Waals surface area contributed by atoms with Crippen molar-refractivity contribution in [1.82, 2.24) is 5.48 Å². The number of hydrogen-bond acceptors (Lipinski definition) is 4. The monoisotopic (exact) mass is 232 g/mol. The number of nitrogens with two attached hydrogens (primary N) is 1. The molecule has 16 heavy (non-hydrogen) atoms. The number of nitrogens with one attached hydrogen (secondary N) is 1. The zero-order valence-electron chi connectivity index (χ0n) is 9.57. The minimum absolute atomic E-state index is 0.295. The molecule has 0 heterocycles. The third-order valence-corrected chi connectivity index (χ3v) is 2.31. The van der Waals surface area contributed by atoms with Gasteiger partial charge in [-0.3, -0.25) is 9.63 Å². The van der Waals surface area contributed by atoms with E-state index in [1.165, 1.54) is 0 Å². The summed E-state index contributed by atoms with van der Waals surface area (Å²) in [6.07, 6.45) is 2.97. The van der Waals surface area contributed by atoms with E-state index in [2.05, 4.69) is 17.2 Å². The van der Waals surface area contributed by atoms with Crippen LogP contribution in [0.2, 0.25) is 0 Å². The Kier molecular flexibility index (Phi) is 8.46. The fourth-order valence-corrected chi connectivity index (χ4v) is 1.35. The van der Waals surface area contributed by atoms with Crippen LogP contribution in [0.1, 0.15) is 32.6 Å². The topological polar surface area (TPSA) is 102 Å². The zero-order valence-corrected chi connectivity index (χ0v) is 9.57. The molecule has 0 aromatic carbocycles. The van der Waals surface area contributed by atoms with Crippen LogP contribution in [-0.2, 0) is 14.4 Å². The summed E-state index contributed by atoms with van der Waals surface area (Å²) in [5, 5.41) is 8.26. The summed E-state index contributed by atoms with van der Waals surface area (Å²) in [4.78, 5) is 25.7. The maximum absolute atomic E-state index is 11.2. The number of carbonyl (C=O) groups excluding carboxylic acids is 1. The first-order chi connectivity index (χ1) is 7.60. The van der Waals surface area contributed by atoms with Gasteiger partial charge in [-0.05, 0) is 25.3 Å². The number of carbonyl (C=O) groups is 2. The maximum Gasteiger partial charge on any atom is 0.332 e. The van der Waals surface area contributed by atoms with Crippen molar-refractivity contribution in [2.24, 2.45) is 11.7 Å². The summed E-state index contributed by atoms with van der Waals surface area (Å²) in [5.74, 6) is -0.971. The number of rotatable bonds is 9. The molecule has 1 unspecified atom stereocenters. The number of carboxylic acids is 1. The van der Waals surface area contributed by atoms with Gasteiger partial charge in [-0.1, -0.05) is 13.3 Å². The van der Waals surface area contributed by atoms with E-state index in [4.69, 9.17) is 10.8 Å². The van der Waals surface area contributed by atoms with Crippen molar-refractivity contribution < 1.29 is 19.5 Å². The van der Waals surface area contributed by atoms with Gasteiger partial charge in [-0.25, -0.2) is 10.3 Å². The first kappa shape index (κ1) is 14.9. The molecular formula is C10H20N2O4. The van der Waals surface area contributed by atoms with Crippen LogP contribution in [0.4, 0.5) is 0 Å². The van der Waals surface area contributed by atoms with Gasteiger partial charge < -0.3 is 10.8 Å². The second-order valence-electron chi connectivity index (χ2n) is 3.60. The van der Waals surface area contributed by atoms with Gasteiger partial charge in [-0.15, -0.1) is 0 Å². The van der Waals surface area contributed by atoms with Gasteiger partial charge in [0, 0.05) is 6.42 Å². The van der Waals surface area contributed by atoms with Gasteiger partial charge in [0.25, 0.3) is 0 Å². The van der Waals surface area contributed by atoms with Crippen molar-refractivity contribution in [2.75, 3.05) is 13.2 Å². The molecule has 0 spiro atoms. The number of carboxylic acid groups (broad SMARTS) is 1. The van der Waals surface area contributed by atoms with Crippen LogP contribution in [-0.4, -0.2) is 30.1 Å². The number of aliphatic carboxylic acids is 1. The highest BCUT2D eigenvalue weighted by Gasteiger charge is 2.09. The molecule has 0 aliphatic carbocycles. The standard InChI is InChI=1S/C10H20N2O4/c1-2-8(5-6-11)3-4-9(13)12-16-7-10(14)15/h8H,2-7,11H2,1H3,(H,12,13)(H,14,15). The Labute approximate surface area is 95.1 Å². The lowest BCUT2D eigenvalue weighted by Gasteiger charge is -2.12. The molecule has 6 heteroatoms. The molecule has 0 saturated heterocycles. The number of hydroxylamine groups is 1. The van der Waals surface area contributed by atoms with Crippen LogP contribution in [0.3, 0.4) is 0 Å². The van der Waals surface area contributed by atoms with Gasteiger partial charge >= 0.3 is 5.97 Å². The largest absolute Gasteiger partial charge is 0.479 e. The lowest BCUT2D eigenvalue weighted by Crippen LogP contribution is -2.27. The van der Waals surface area contributed by atoms with Crippen LogP contribution in [0.5, 0.6) is 0 Å². The summed E-state index contributed by atoms with van der Waals surface area (Å²) < 4.78 is 0. The zero-order chi connectivity index (χ0) is 12.4. The summed E-state index contributed by atoms with van der Waals surface area (Å²) in [6.45, 7) is 2.15. The van der Waals surface area contributed by atoms with E-state index >= 15 is 0 Å². The molecule has 0 aromatic heterocycles. The van der Waals surface area contributed by atoms with Crippen LogP contribution >= 0.6 is 0 Å². The molecule has 0 saturated carbocycles. The van der Waals surface area contributed by atoms with Gasteiger partial charge in [0.05, 0.1) is 0 Å². The van der Waals surface area contributed by atoms with E-state index in [0.29, 0.717) is 18.9 Å². The molecule has 0 aliphatic heterocycles. The average molecular weight is 232 g/mol. The predicted octanol–water partition coefficient (Wildman–Crippen LogP) is 0.274. The molecule has 0 radical (unpaired) electrons. The first-order valence-electron chi connectivity index (χ1n) is 5.42. The molecule has 0 aromatic rings. The van der Waals surface area contributed by atoms with Crippen molar-refractivity contribution in [3.63, 3.8) is 0 Å². The normalized spacial score (nSPS) is 12.1. The van der Waals surface area contributed by atoms with Crippen molar-refractivity contribution in [3.8, 4) is 0 Å². The van der Waals surface area contributed by atoms with Crippen LogP contribution in [0.25, 0.3) is 0 Å². The molecule has 6 nitrogen and oxygen atoms in total. The van der Waals surface area contributed by atoms with Crippen molar-refractivity contribution in [3.05, 3.63) is 0 Å². The van der Waals surface area contributed by atoms with Crippen LogP contribution in [0, 0.1) is 5.92 Å². The van der Waals surface area contributed by atoms with Crippen LogP contribution < -0.4 is 11.2 Å². The van der Waals surface area contributed by atoms with Crippen molar-refractivity contribution in [2.45, 2.75) is 32.6 Å². The molecule has 0 aliphatic rings. The Balaban J connectivity index is 3.58. The molecule has 0 bridgehead atoms. The quantitative estimate of drug-likeness (QED) is 0.495. The summed E-state index contributed by atoms with van der Waals surface area (Å²) in [7, 11) is 0. The Bertz CT molecular complexity index is 221.